The molecule has 36 heavy (non-hydrogen) atoms. The molecule has 0 N–H and O–H groups in total. The van der Waals surface area contributed by atoms with Crippen LogP contribution in [-0.4, -0.2) is 38.2 Å². The van der Waals surface area contributed by atoms with Crippen molar-refractivity contribution in [2.75, 3.05) is 20.3 Å². The molecule has 0 spiro atoms. The van der Waals surface area contributed by atoms with Gasteiger partial charge in [0, 0.05) is 17.5 Å². The van der Waals surface area contributed by atoms with Crippen LogP contribution in [0.4, 0.5) is 0 Å². The molecule has 0 amide bonds. The minimum Gasteiger partial charge on any atom is -0.493 e. The third-order valence-corrected chi connectivity index (χ3v) is 4.94. The van der Waals surface area contributed by atoms with Gasteiger partial charge in [-0.2, -0.15) is 0 Å². The minimum absolute atomic E-state index is 0.139. The molecule has 3 rings (SSSR count). The zero-order valence-corrected chi connectivity index (χ0v) is 20.2. The molecule has 0 aliphatic heterocycles. The highest BCUT2D eigenvalue weighted by molar-refractivity contribution is 6.30. The van der Waals surface area contributed by atoms with E-state index in [2.05, 4.69) is 6.58 Å². The predicted octanol–water partition coefficient (Wildman–Crippen LogP) is 5.29. The van der Waals surface area contributed by atoms with Gasteiger partial charge in [0.2, 0.25) is 0 Å². The molecule has 186 valence electrons. The number of hydrogen-bond donors (Lipinski definition) is 0. The van der Waals surface area contributed by atoms with E-state index in [0.717, 1.165) is 6.08 Å². The monoisotopic (exact) mass is 510 g/mol. The first-order valence-electron chi connectivity index (χ1n) is 10.8. The quantitative estimate of drug-likeness (QED) is 0.149. The summed E-state index contributed by atoms with van der Waals surface area (Å²) in [6, 6.07) is 17.1. The fourth-order valence-corrected chi connectivity index (χ4v) is 3.00. The lowest BCUT2D eigenvalue weighted by molar-refractivity contribution is -0.137. The molecular formula is C27H23ClO8. The summed E-state index contributed by atoms with van der Waals surface area (Å²) in [5, 5.41) is 0.522. The van der Waals surface area contributed by atoms with E-state index >= 15 is 0 Å². The van der Waals surface area contributed by atoms with E-state index < -0.39 is 17.9 Å². The van der Waals surface area contributed by atoms with Crippen molar-refractivity contribution in [3.8, 4) is 23.0 Å². The van der Waals surface area contributed by atoms with Crippen LogP contribution in [0.1, 0.15) is 27.1 Å². The Morgan fingerprint density at radius 3 is 2.11 bits per heavy atom. The number of carbonyl (C=O) groups excluding carboxylic acids is 3. The Morgan fingerprint density at radius 2 is 1.44 bits per heavy atom. The number of halogens is 1. The van der Waals surface area contributed by atoms with Gasteiger partial charge in [0.25, 0.3) is 0 Å². The topological polar surface area (TPSA) is 97.4 Å². The van der Waals surface area contributed by atoms with Crippen molar-refractivity contribution in [2.45, 2.75) is 6.42 Å². The van der Waals surface area contributed by atoms with Gasteiger partial charge in [-0.15, -0.1) is 0 Å². The predicted molar refractivity (Wildman–Crippen MR) is 132 cm³/mol. The van der Waals surface area contributed by atoms with Crippen molar-refractivity contribution >= 4 is 29.5 Å². The Kier molecular flexibility index (Phi) is 9.48. The molecule has 0 aliphatic rings. The molecule has 0 fully saturated rings. The standard InChI is InChI=1S/C27H23ClO8/c1-3-25(29)34-16-4-15-33-21-10-5-18(6-11-21)26(30)36-23-14-7-19(17-24(23)32-2)27(31)35-22-12-8-20(28)9-13-22/h3,5-14,17H,1,4,15-16H2,2H3. The fourth-order valence-electron chi connectivity index (χ4n) is 2.87. The second kappa shape index (κ2) is 13.0. The lowest BCUT2D eigenvalue weighted by Gasteiger charge is -2.11. The summed E-state index contributed by atoms with van der Waals surface area (Å²) in [5.74, 6) is -0.506. The molecule has 0 aliphatic carbocycles. The first kappa shape index (κ1) is 26.3. The lowest BCUT2D eigenvalue weighted by Crippen LogP contribution is -2.11. The molecule has 0 unspecified atom stereocenters. The Hall–Kier alpha value is -4.30. The molecule has 0 bridgehead atoms. The Bertz CT molecular complexity index is 1220. The summed E-state index contributed by atoms with van der Waals surface area (Å²) < 4.78 is 26.5. The van der Waals surface area contributed by atoms with Gasteiger partial charge < -0.3 is 23.7 Å². The third kappa shape index (κ3) is 7.61. The number of methoxy groups -OCH3 is 1. The van der Waals surface area contributed by atoms with E-state index in [1.165, 1.54) is 25.3 Å². The van der Waals surface area contributed by atoms with Crippen LogP contribution in [0.5, 0.6) is 23.0 Å². The SMILES string of the molecule is C=CC(=O)OCCCOc1ccc(C(=O)Oc2ccc(C(=O)Oc3ccc(Cl)cc3)cc2OC)cc1. The van der Waals surface area contributed by atoms with E-state index in [1.807, 2.05) is 0 Å². The molecule has 0 saturated carbocycles. The molecule has 0 radical (unpaired) electrons. The Labute approximate surface area is 212 Å². The second-order valence-electron chi connectivity index (χ2n) is 7.20. The van der Waals surface area contributed by atoms with Gasteiger partial charge in [0.1, 0.15) is 11.5 Å². The van der Waals surface area contributed by atoms with Crippen LogP contribution in [0.25, 0.3) is 0 Å². The summed E-state index contributed by atoms with van der Waals surface area (Å²) in [6.45, 7) is 3.87. The number of rotatable bonds is 11. The molecule has 0 saturated heterocycles. The number of hydrogen-bond acceptors (Lipinski definition) is 8. The first-order valence-corrected chi connectivity index (χ1v) is 11.2. The molecular weight excluding hydrogens is 488 g/mol. The van der Waals surface area contributed by atoms with Crippen molar-refractivity contribution in [1.82, 2.24) is 0 Å². The van der Waals surface area contributed by atoms with Crippen LogP contribution >= 0.6 is 11.6 Å². The number of benzene rings is 3. The van der Waals surface area contributed by atoms with Crippen molar-refractivity contribution in [1.29, 1.82) is 0 Å². The summed E-state index contributed by atoms with van der Waals surface area (Å²) in [5.41, 5.74) is 0.498. The summed E-state index contributed by atoms with van der Waals surface area (Å²) in [4.78, 5) is 36.0. The van der Waals surface area contributed by atoms with Gasteiger partial charge in [-0.3, -0.25) is 0 Å². The fraction of sp³-hybridized carbons (Fsp3) is 0.148. The highest BCUT2D eigenvalue weighted by Gasteiger charge is 2.17. The zero-order chi connectivity index (χ0) is 25.9. The number of carbonyl (C=O) groups is 3. The van der Waals surface area contributed by atoms with E-state index in [-0.39, 0.29) is 29.2 Å². The van der Waals surface area contributed by atoms with Crippen LogP contribution in [0, 0.1) is 0 Å². The smallest absolute Gasteiger partial charge is 0.343 e. The number of ether oxygens (including phenoxy) is 5. The van der Waals surface area contributed by atoms with Gasteiger partial charge >= 0.3 is 17.9 Å². The normalized spacial score (nSPS) is 10.2. The van der Waals surface area contributed by atoms with Gasteiger partial charge in [0.15, 0.2) is 11.5 Å². The van der Waals surface area contributed by atoms with E-state index in [0.29, 0.717) is 29.5 Å². The maximum Gasteiger partial charge on any atom is 0.343 e. The van der Waals surface area contributed by atoms with Crippen LogP contribution in [0.15, 0.2) is 79.4 Å². The lowest BCUT2D eigenvalue weighted by atomic mass is 10.2. The summed E-state index contributed by atoms with van der Waals surface area (Å²) >= 11 is 5.84. The highest BCUT2D eigenvalue weighted by Crippen LogP contribution is 2.30. The Morgan fingerprint density at radius 1 is 0.806 bits per heavy atom. The second-order valence-corrected chi connectivity index (χ2v) is 7.63. The largest absolute Gasteiger partial charge is 0.493 e. The zero-order valence-electron chi connectivity index (χ0n) is 19.4. The maximum absolute atomic E-state index is 12.6. The molecule has 8 nitrogen and oxygen atoms in total. The summed E-state index contributed by atoms with van der Waals surface area (Å²) in [7, 11) is 1.39. The van der Waals surface area contributed by atoms with Crippen LogP contribution < -0.4 is 18.9 Å². The molecule has 3 aromatic carbocycles. The van der Waals surface area contributed by atoms with Gasteiger partial charge in [-0.1, -0.05) is 18.2 Å². The van der Waals surface area contributed by atoms with Gasteiger partial charge in [-0.05, 0) is 66.7 Å². The average Bonchev–Trinajstić information content (AvgIpc) is 2.90. The van der Waals surface area contributed by atoms with Crippen molar-refractivity contribution in [2.24, 2.45) is 0 Å². The van der Waals surface area contributed by atoms with Crippen LogP contribution in [0.2, 0.25) is 5.02 Å². The highest BCUT2D eigenvalue weighted by atomic mass is 35.5. The van der Waals surface area contributed by atoms with Gasteiger partial charge in [-0.25, -0.2) is 14.4 Å². The van der Waals surface area contributed by atoms with Crippen molar-refractivity contribution < 1.29 is 38.1 Å². The maximum atomic E-state index is 12.6. The molecule has 0 atom stereocenters. The summed E-state index contributed by atoms with van der Waals surface area (Å²) in [6.07, 6.45) is 1.60. The van der Waals surface area contributed by atoms with Gasteiger partial charge in [0.05, 0.1) is 31.5 Å². The first-order chi connectivity index (χ1) is 17.4. The third-order valence-electron chi connectivity index (χ3n) is 4.68. The molecule has 9 heteroatoms. The van der Waals surface area contributed by atoms with Crippen molar-refractivity contribution in [3.05, 3.63) is 95.5 Å². The van der Waals surface area contributed by atoms with Crippen LogP contribution in [0.3, 0.4) is 0 Å². The van der Waals surface area contributed by atoms with Crippen molar-refractivity contribution in [3.63, 3.8) is 0 Å². The molecule has 0 aromatic heterocycles. The average molecular weight is 511 g/mol. The van der Waals surface area contributed by atoms with E-state index in [4.69, 9.17) is 35.3 Å². The molecule has 3 aromatic rings. The van der Waals surface area contributed by atoms with E-state index in [1.54, 1.807) is 48.5 Å². The number of esters is 3. The van der Waals surface area contributed by atoms with Crippen LogP contribution in [-0.2, 0) is 9.53 Å². The molecule has 0 heterocycles. The van der Waals surface area contributed by atoms with E-state index in [9.17, 15) is 14.4 Å². The minimum atomic E-state index is -0.618. The Balaban J connectivity index is 1.56.